The van der Waals surface area contributed by atoms with Gasteiger partial charge in [-0.05, 0) is 55.5 Å². The van der Waals surface area contributed by atoms with Crippen LogP contribution in [0.25, 0.3) is 11.4 Å². The van der Waals surface area contributed by atoms with Gasteiger partial charge < -0.3 is 14.5 Å². The lowest BCUT2D eigenvalue weighted by Gasteiger charge is -2.48. The van der Waals surface area contributed by atoms with Crippen LogP contribution in [0.15, 0.2) is 67.0 Å². The highest BCUT2D eigenvalue weighted by molar-refractivity contribution is 6.07. The van der Waals surface area contributed by atoms with Crippen LogP contribution in [0.5, 0.6) is 0 Å². The smallest absolute Gasteiger partial charge is 0.306 e. The lowest BCUT2D eigenvalue weighted by atomic mass is 9.81. The number of benzene rings is 2. The maximum Gasteiger partial charge on any atom is 0.306 e. The third-order valence-electron chi connectivity index (χ3n) is 8.26. The van der Waals surface area contributed by atoms with Gasteiger partial charge in [0.05, 0.1) is 19.6 Å². The molecule has 0 spiro atoms. The molecule has 200 valence electrons. The SMILES string of the molecule is COC(=O)CCC(=O)N(C1CC1)C1c2ccccc2N(C(=O)c2ccc(-c3ncccn3)cc2)C2CCCC21. The second-order valence-corrected chi connectivity index (χ2v) is 10.6. The highest BCUT2D eigenvalue weighted by atomic mass is 16.5. The zero-order chi connectivity index (χ0) is 26.9. The van der Waals surface area contributed by atoms with Gasteiger partial charge in [0.2, 0.25) is 5.91 Å². The van der Waals surface area contributed by atoms with Crippen molar-refractivity contribution in [3.8, 4) is 11.4 Å². The fraction of sp³-hybridized carbons (Fsp3) is 0.387. The number of amides is 2. The topological polar surface area (TPSA) is 92.7 Å². The molecule has 6 rings (SSSR count). The van der Waals surface area contributed by atoms with E-state index in [0.29, 0.717) is 11.4 Å². The summed E-state index contributed by atoms with van der Waals surface area (Å²) in [6.07, 6.45) is 8.41. The lowest BCUT2D eigenvalue weighted by Crippen LogP contribution is -2.52. The third kappa shape index (κ3) is 4.80. The summed E-state index contributed by atoms with van der Waals surface area (Å²) in [6.45, 7) is 0. The molecule has 2 aromatic carbocycles. The van der Waals surface area contributed by atoms with E-state index in [0.717, 1.165) is 48.9 Å². The van der Waals surface area contributed by atoms with Gasteiger partial charge in [-0.25, -0.2) is 9.97 Å². The number of ether oxygens (including phenoxy) is 1. The first-order valence-electron chi connectivity index (χ1n) is 13.7. The molecule has 2 aliphatic carbocycles. The molecule has 1 aromatic heterocycles. The molecule has 0 N–H and O–H groups in total. The predicted octanol–water partition coefficient (Wildman–Crippen LogP) is 4.96. The Morgan fingerprint density at radius 2 is 1.67 bits per heavy atom. The number of aromatic nitrogens is 2. The van der Waals surface area contributed by atoms with Crippen LogP contribution < -0.4 is 4.90 Å². The first-order chi connectivity index (χ1) is 19.1. The number of carbonyl (C=O) groups is 3. The average molecular weight is 525 g/mol. The minimum Gasteiger partial charge on any atom is -0.469 e. The molecule has 3 aromatic rings. The Morgan fingerprint density at radius 3 is 2.38 bits per heavy atom. The Kier molecular flexibility index (Phi) is 6.85. The van der Waals surface area contributed by atoms with Crippen LogP contribution in [0.1, 0.15) is 66.9 Å². The number of fused-ring (bicyclic) bond motifs is 2. The summed E-state index contributed by atoms with van der Waals surface area (Å²) in [5.74, 6) is 0.350. The number of anilines is 1. The summed E-state index contributed by atoms with van der Waals surface area (Å²) in [7, 11) is 1.35. The number of carbonyl (C=O) groups excluding carboxylic acids is 3. The van der Waals surface area contributed by atoms with E-state index in [-0.39, 0.29) is 54.7 Å². The third-order valence-corrected chi connectivity index (χ3v) is 8.26. The van der Waals surface area contributed by atoms with Crippen molar-refractivity contribution in [3.05, 3.63) is 78.1 Å². The Hall–Kier alpha value is -4.07. The number of hydrogen-bond donors (Lipinski definition) is 0. The maximum atomic E-state index is 14.1. The molecular weight excluding hydrogens is 492 g/mol. The van der Waals surface area contributed by atoms with Crippen molar-refractivity contribution in [1.29, 1.82) is 0 Å². The monoisotopic (exact) mass is 524 g/mol. The van der Waals surface area contributed by atoms with Crippen LogP contribution in [0, 0.1) is 5.92 Å². The van der Waals surface area contributed by atoms with Crippen LogP contribution in [0.2, 0.25) is 0 Å². The first kappa shape index (κ1) is 25.2. The Bertz CT molecular complexity index is 1370. The Labute approximate surface area is 228 Å². The Morgan fingerprint density at radius 1 is 0.923 bits per heavy atom. The van der Waals surface area contributed by atoms with Crippen molar-refractivity contribution < 1.29 is 19.1 Å². The van der Waals surface area contributed by atoms with Gasteiger partial charge in [-0.15, -0.1) is 0 Å². The molecule has 8 heteroatoms. The Balaban J connectivity index is 1.34. The van der Waals surface area contributed by atoms with Gasteiger partial charge in [0.15, 0.2) is 5.82 Å². The minimum absolute atomic E-state index is 0.00388. The van der Waals surface area contributed by atoms with Crippen LogP contribution in [0.4, 0.5) is 5.69 Å². The molecule has 1 aliphatic heterocycles. The molecule has 0 bridgehead atoms. The van der Waals surface area contributed by atoms with Gasteiger partial charge in [0, 0.05) is 53.6 Å². The molecule has 2 heterocycles. The second kappa shape index (κ2) is 10.6. The highest BCUT2D eigenvalue weighted by Crippen LogP contribution is 2.53. The van der Waals surface area contributed by atoms with Crippen molar-refractivity contribution in [1.82, 2.24) is 14.9 Å². The first-order valence-corrected chi connectivity index (χ1v) is 13.7. The van der Waals surface area contributed by atoms with Crippen molar-refractivity contribution in [2.24, 2.45) is 5.92 Å². The van der Waals surface area contributed by atoms with Crippen LogP contribution in [0.3, 0.4) is 0 Å². The number of hydrogen-bond acceptors (Lipinski definition) is 6. The van der Waals surface area contributed by atoms with Crippen molar-refractivity contribution >= 4 is 23.5 Å². The van der Waals surface area contributed by atoms with Crippen LogP contribution >= 0.6 is 0 Å². The number of esters is 1. The van der Waals surface area contributed by atoms with Gasteiger partial charge in [0.25, 0.3) is 5.91 Å². The van der Waals surface area contributed by atoms with E-state index in [2.05, 4.69) is 16.0 Å². The van der Waals surface area contributed by atoms with E-state index in [1.165, 1.54) is 7.11 Å². The normalized spacial score (nSPS) is 21.6. The fourth-order valence-electron chi connectivity index (χ4n) is 6.37. The number of para-hydroxylation sites is 1. The van der Waals surface area contributed by atoms with E-state index in [9.17, 15) is 14.4 Å². The summed E-state index contributed by atoms with van der Waals surface area (Å²) in [6, 6.07) is 17.4. The minimum atomic E-state index is -0.372. The summed E-state index contributed by atoms with van der Waals surface area (Å²) in [5.41, 5.74) is 3.36. The van der Waals surface area contributed by atoms with Crippen molar-refractivity contribution in [3.63, 3.8) is 0 Å². The van der Waals surface area contributed by atoms with Gasteiger partial charge in [-0.3, -0.25) is 14.4 Å². The van der Waals surface area contributed by atoms with Gasteiger partial charge in [-0.1, -0.05) is 36.8 Å². The maximum absolute atomic E-state index is 14.1. The molecule has 3 unspecified atom stereocenters. The molecular formula is C31H32N4O4. The molecule has 3 atom stereocenters. The largest absolute Gasteiger partial charge is 0.469 e. The number of nitrogens with zero attached hydrogens (tertiary/aromatic N) is 4. The molecule has 0 saturated heterocycles. The molecule has 3 aliphatic rings. The molecule has 2 fully saturated rings. The zero-order valence-corrected chi connectivity index (χ0v) is 22.0. The number of methoxy groups -OCH3 is 1. The number of rotatable bonds is 7. The van der Waals surface area contributed by atoms with Gasteiger partial charge in [0.1, 0.15) is 0 Å². The summed E-state index contributed by atoms with van der Waals surface area (Å²) < 4.78 is 4.78. The second-order valence-electron chi connectivity index (χ2n) is 10.6. The van der Waals surface area contributed by atoms with Gasteiger partial charge >= 0.3 is 5.97 Å². The van der Waals surface area contributed by atoms with Crippen molar-refractivity contribution in [2.45, 2.75) is 63.1 Å². The highest BCUT2D eigenvalue weighted by Gasteiger charge is 2.51. The van der Waals surface area contributed by atoms with E-state index in [1.807, 2.05) is 52.3 Å². The van der Waals surface area contributed by atoms with Gasteiger partial charge in [-0.2, -0.15) is 0 Å². The van der Waals surface area contributed by atoms with Crippen molar-refractivity contribution in [2.75, 3.05) is 12.0 Å². The predicted molar refractivity (Wildman–Crippen MR) is 146 cm³/mol. The summed E-state index contributed by atoms with van der Waals surface area (Å²) in [4.78, 5) is 52.1. The van der Waals surface area contributed by atoms with E-state index >= 15 is 0 Å². The van der Waals surface area contributed by atoms with E-state index in [4.69, 9.17) is 4.74 Å². The van der Waals surface area contributed by atoms with Crippen LogP contribution in [-0.2, 0) is 14.3 Å². The lowest BCUT2D eigenvalue weighted by molar-refractivity contribution is -0.145. The molecule has 39 heavy (non-hydrogen) atoms. The van der Waals surface area contributed by atoms with Crippen LogP contribution in [-0.4, -0.2) is 51.8 Å². The summed E-state index contributed by atoms with van der Waals surface area (Å²) in [5, 5.41) is 0. The molecule has 0 radical (unpaired) electrons. The fourth-order valence-corrected chi connectivity index (χ4v) is 6.37. The van der Waals surface area contributed by atoms with E-state index < -0.39 is 0 Å². The summed E-state index contributed by atoms with van der Waals surface area (Å²) >= 11 is 0. The van der Waals surface area contributed by atoms with E-state index in [1.54, 1.807) is 18.5 Å². The molecule has 2 amide bonds. The molecule has 8 nitrogen and oxygen atoms in total. The quantitative estimate of drug-likeness (QED) is 0.406. The molecule has 2 saturated carbocycles. The average Bonchev–Trinajstić information content (AvgIpc) is 3.71. The zero-order valence-electron chi connectivity index (χ0n) is 22.0. The standard InChI is InChI=1S/C31H32N4O4/c1-39-28(37)17-16-27(36)34(22-14-15-22)29-23-6-2-3-8-25(23)35(26-9-4-7-24(26)29)31(38)21-12-10-20(11-13-21)30-32-18-5-19-33-30/h2-3,5-6,8,10-13,18-19,22,24,26,29H,4,7,9,14-17H2,1H3.